The van der Waals surface area contributed by atoms with E-state index in [-0.39, 0.29) is 17.8 Å². The van der Waals surface area contributed by atoms with Crippen LogP contribution in [0.5, 0.6) is 0 Å². The number of benzene rings is 2. The predicted molar refractivity (Wildman–Crippen MR) is 139 cm³/mol. The van der Waals surface area contributed by atoms with Crippen LogP contribution in [0.2, 0.25) is 0 Å². The number of rotatable bonds is 7. The van der Waals surface area contributed by atoms with Crippen LogP contribution in [0.3, 0.4) is 0 Å². The van der Waals surface area contributed by atoms with Gasteiger partial charge in [-0.1, -0.05) is 85.2 Å². The molecule has 4 heteroatoms. The minimum absolute atomic E-state index is 0.163. The van der Waals surface area contributed by atoms with Crippen molar-refractivity contribution in [3.8, 4) is 0 Å². The number of para-hydroxylation sites is 1. The van der Waals surface area contributed by atoms with Gasteiger partial charge in [-0.15, -0.1) is 0 Å². The molecule has 2 saturated carbocycles. The van der Waals surface area contributed by atoms with E-state index in [2.05, 4.69) is 85.2 Å². The molecule has 0 spiro atoms. The number of halogens is 1. The van der Waals surface area contributed by atoms with Gasteiger partial charge in [0.15, 0.2) is 6.29 Å². The van der Waals surface area contributed by atoms with Crippen molar-refractivity contribution in [3.63, 3.8) is 0 Å². The molecule has 1 saturated heterocycles. The third-order valence-electron chi connectivity index (χ3n) is 9.65. The van der Waals surface area contributed by atoms with Crippen LogP contribution in [0, 0.1) is 22.7 Å². The number of furan rings is 1. The largest absolute Gasteiger partial charge is 0.458 e. The molecule has 3 nitrogen and oxygen atoms in total. The lowest BCUT2D eigenvalue weighted by molar-refractivity contribution is -0.185. The molecule has 2 aliphatic carbocycles. The van der Waals surface area contributed by atoms with Gasteiger partial charge in [-0.05, 0) is 60.0 Å². The van der Waals surface area contributed by atoms with Crippen molar-refractivity contribution in [2.75, 3.05) is 5.33 Å². The molecule has 180 valence electrons. The van der Waals surface area contributed by atoms with E-state index in [1.54, 1.807) is 0 Å². The van der Waals surface area contributed by atoms with E-state index in [0.717, 1.165) is 36.5 Å². The van der Waals surface area contributed by atoms with Crippen molar-refractivity contribution in [3.05, 3.63) is 71.5 Å². The first-order valence-corrected chi connectivity index (χ1v) is 14.0. The Bertz CT molecular complexity index is 1170. The fourth-order valence-corrected chi connectivity index (χ4v) is 7.92. The van der Waals surface area contributed by atoms with Crippen molar-refractivity contribution in [1.29, 1.82) is 0 Å². The van der Waals surface area contributed by atoms with Crippen LogP contribution in [-0.2, 0) is 22.3 Å². The quantitative estimate of drug-likeness (QED) is 0.296. The Kier molecular flexibility index (Phi) is 5.70. The van der Waals surface area contributed by atoms with Crippen LogP contribution < -0.4 is 0 Å². The topological polar surface area (TPSA) is 31.6 Å². The van der Waals surface area contributed by atoms with Gasteiger partial charge in [-0.3, -0.25) is 0 Å². The molecule has 34 heavy (non-hydrogen) atoms. The second kappa shape index (κ2) is 8.50. The number of hydrogen-bond donors (Lipinski definition) is 0. The van der Waals surface area contributed by atoms with E-state index < -0.39 is 0 Å². The Labute approximate surface area is 211 Å². The Balaban J connectivity index is 1.25. The zero-order valence-electron chi connectivity index (χ0n) is 20.4. The smallest absolute Gasteiger partial charge is 0.159 e. The summed E-state index contributed by atoms with van der Waals surface area (Å²) in [5.41, 5.74) is 4.14. The lowest BCUT2D eigenvalue weighted by Gasteiger charge is -2.38. The first kappa shape index (κ1) is 22.8. The van der Waals surface area contributed by atoms with Gasteiger partial charge < -0.3 is 13.9 Å². The van der Waals surface area contributed by atoms with E-state index in [1.807, 2.05) is 6.07 Å². The minimum Gasteiger partial charge on any atom is -0.458 e. The van der Waals surface area contributed by atoms with Gasteiger partial charge in [-0.25, -0.2) is 0 Å². The molecular formula is C30H35BrO3. The second-order valence-electron chi connectivity index (χ2n) is 11.4. The van der Waals surface area contributed by atoms with Crippen LogP contribution in [0.25, 0.3) is 11.0 Å². The molecular weight excluding hydrogens is 488 g/mol. The van der Waals surface area contributed by atoms with E-state index >= 15 is 0 Å². The van der Waals surface area contributed by atoms with Gasteiger partial charge in [0, 0.05) is 22.7 Å². The highest BCUT2D eigenvalue weighted by atomic mass is 79.9. The van der Waals surface area contributed by atoms with Gasteiger partial charge in [0.2, 0.25) is 0 Å². The highest BCUT2D eigenvalue weighted by Crippen LogP contribution is 2.71. The number of fused-ring (bicyclic) bond motifs is 6. The Morgan fingerprint density at radius 2 is 1.79 bits per heavy atom. The minimum atomic E-state index is -0.166. The Morgan fingerprint density at radius 3 is 2.56 bits per heavy atom. The van der Waals surface area contributed by atoms with E-state index in [1.165, 1.54) is 29.4 Å². The summed E-state index contributed by atoms with van der Waals surface area (Å²) < 4.78 is 19.8. The molecule has 0 unspecified atom stereocenters. The third-order valence-corrected chi connectivity index (χ3v) is 10.2. The summed E-state index contributed by atoms with van der Waals surface area (Å²) in [6.45, 7) is 7.36. The Hall–Kier alpha value is -1.62. The van der Waals surface area contributed by atoms with Crippen LogP contribution in [0.4, 0.5) is 0 Å². The maximum atomic E-state index is 6.68. The lowest BCUT2D eigenvalue weighted by Crippen LogP contribution is -2.38. The summed E-state index contributed by atoms with van der Waals surface area (Å²) in [6, 6.07) is 19.1. The maximum Gasteiger partial charge on any atom is 0.159 e. The van der Waals surface area contributed by atoms with Crippen LogP contribution in [0.15, 0.2) is 59.0 Å². The zero-order chi connectivity index (χ0) is 23.5. The summed E-state index contributed by atoms with van der Waals surface area (Å²) in [6.07, 6.45) is 5.49. The monoisotopic (exact) mass is 522 g/mol. The fourth-order valence-electron chi connectivity index (χ4n) is 7.47. The molecule has 3 fully saturated rings. The highest BCUT2D eigenvalue weighted by Gasteiger charge is 2.69. The summed E-state index contributed by atoms with van der Waals surface area (Å²) >= 11 is 3.73. The summed E-state index contributed by atoms with van der Waals surface area (Å²) in [5.74, 6) is 2.30. The van der Waals surface area contributed by atoms with Crippen molar-refractivity contribution in [2.45, 2.75) is 71.4 Å². The lowest BCUT2D eigenvalue weighted by atomic mass is 9.70. The fraction of sp³-hybridized carbons (Fsp3) is 0.533. The third kappa shape index (κ3) is 3.43. The normalized spacial score (nSPS) is 32.4. The molecule has 3 aromatic rings. The standard InChI is InChI=1S/C30H35BrO3/c1-29(2)23-15-16-30(29,3)28-22(23)17-26(34-28)32-25(18-31)27-21(14-13-19-9-5-4-6-10-19)20-11-7-8-12-24(20)33-27/h4-12,22-23,25-26,28H,13-18H2,1-3H3/t22-,23-,25-,26-,28-,30+/m1/s1. The number of ether oxygens (including phenoxy) is 2. The molecule has 3 aliphatic rings. The first-order valence-electron chi connectivity index (χ1n) is 12.8. The molecule has 1 aliphatic heterocycles. The molecule has 2 aromatic carbocycles. The molecule has 0 radical (unpaired) electrons. The predicted octanol–water partition coefficient (Wildman–Crippen LogP) is 7.86. The molecule has 6 rings (SSSR count). The van der Waals surface area contributed by atoms with Crippen molar-refractivity contribution in [2.24, 2.45) is 22.7 Å². The van der Waals surface area contributed by atoms with Crippen molar-refractivity contribution < 1.29 is 13.9 Å². The van der Waals surface area contributed by atoms with E-state index in [4.69, 9.17) is 13.9 Å². The number of hydrogen-bond acceptors (Lipinski definition) is 3. The van der Waals surface area contributed by atoms with Gasteiger partial charge in [-0.2, -0.15) is 0 Å². The van der Waals surface area contributed by atoms with Gasteiger partial charge >= 0.3 is 0 Å². The maximum absolute atomic E-state index is 6.68. The first-order chi connectivity index (χ1) is 16.4. The summed E-state index contributed by atoms with van der Waals surface area (Å²) in [5, 5.41) is 1.88. The van der Waals surface area contributed by atoms with Crippen molar-refractivity contribution in [1.82, 2.24) is 0 Å². The average Bonchev–Trinajstić information content (AvgIpc) is 3.53. The molecule has 0 N–H and O–H groups in total. The summed E-state index contributed by atoms with van der Waals surface area (Å²) in [7, 11) is 0. The van der Waals surface area contributed by atoms with E-state index in [0.29, 0.717) is 22.8 Å². The number of alkyl halides is 1. The molecule has 1 aromatic heterocycles. The van der Waals surface area contributed by atoms with Gasteiger partial charge in [0.25, 0.3) is 0 Å². The zero-order valence-corrected chi connectivity index (χ0v) is 22.0. The van der Waals surface area contributed by atoms with Gasteiger partial charge in [0.05, 0.1) is 6.10 Å². The molecule has 6 atom stereocenters. The number of aryl methyl sites for hydroxylation is 2. The van der Waals surface area contributed by atoms with Crippen LogP contribution >= 0.6 is 15.9 Å². The summed E-state index contributed by atoms with van der Waals surface area (Å²) in [4.78, 5) is 0. The average molecular weight is 524 g/mol. The van der Waals surface area contributed by atoms with Crippen molar-refractivity contribution >= 4 is 26.9 Å². The highest BCUT2D eigenvalue weighted by molar-refractivity contribution is 9.09. The van der Waals surface area contributed by atoms with Crippen LogP contribution in [-0.4, -0.2) is 17.7 Å². The Morgan fingerprint density at radius 1 is 1.03 bits per heavy atom. The molecule has 0 amide bonds. The van der Waals surface area contributed by atoms with Crippen LogP contribution in [0.1, 0.15) is 63.0 Å². The van der Waals surface area contributed by atoms with E-state index in [9.17, 15) is 0 Å². The molecule has 2 heterocycles. The molecule has 2 bridgehead atoms. The SMILES string of the molecule is CC1(C)[C@@H]2CC[C@@]1(C)[C@@H]1O[C@@H](O[C@H](CBr)c3oc4ccccc4c3CCc3ccccc3)C[C@H]21. The second-order valence-corrected chi connectivity index (χ2v) is 12.0. The van der Waals surface area contributed by atoms with Gasteiger partial charge in [0.1, 0.15) is 17.4 Å².